The number of urea groups is 1. The molecule has 3 aromatic rings. The molecule has 2 amide bonds. The molecule has 0 aliphatic carbocycles. The molecule has 0 saturated heterocycles. The maximum atomic E-state index is 12.1. The number of nitrogens with one attached hydrogen (secondary N) is 2. The van der Waals surface area contributed by atoms with Gasteiger partial charge in [-0.1, -0.05) is 36.0 Å². The highest BCUT2D eigenvalue weighted by molar-refractivity contribution is 7.99. The van der Waals surface area contributed by atoms with E-state index in [9.17, 15) is 4.79 Å². The summed E-state index contributed by atoms with van der Waals surface area (Å²) in [4.78, 5) is 20.7. The van der Waals surface area contributed by atoms with Crippen LogP contribution in [-0.2, 0) is 6.42 Å². The van der Waals surface area contributed by atoms with Crippen LogP contribution in [0.2, 0.25) is 0 Å². The van der Waals surface area contributed by atoms with Gasteiger partial charge in [0.15, 0.2) is 0 Å². The number of methoxy groups -OCH3 is 1. The van der Waals surface area contributed by atoms with E-state index >= 15 is 0 Å². The number of anilines is 1. The molecule has 2 N–H and O–H groups in total. The zero-order chi connectivity index (χ0) is 18.9. The molecule has 0 bridgehead atoms. The van der Waals surface area contributed by atoms with Gasteiger partial charge >= 0.3 is 6.03 Å². The fourth-order valence-electron chi connectivity index (χ4n) is 2.45. The number of carbonyl (C=O) groups is 1. The zero-order valence-corrected chi connectivity index (χ0v) is 15.7. The van der Waals surface area contributed by atoms with Gasteiger partial charge in [0.05, 0.1) is 7.11 Å². The third-order valence-electron chi connectivity index (χ3n) is 3.71. The van der Waals surface area contributed by atoms with Crippen LogP contribution in [0.3, 0.4) is 0 Å². The molecule has 0 atom stereocenters. The number of hydrogen-bond acceptors (Lipinski definition) is 5. The Morgan fingerprint density at radius 1 is 1.04 bits per heavy atom. The topological polar surface area (TPSA) is 76.1 Å². The summed E-state index contributed by atoms with van der Waals surface area (Å²) >= 11 is 1.44. The predicted octanol–water partition coefficient (Wildman–Crippen LogP) is 4.00. The Morgan fingerprint density at radius 2 is 1.85 bits per heavy atom. The van der Waals surface area contributed by atoms with Gasteiger partial charge in [-0.3, -0.25) is 0 Å². The quantitative estimate of drug-likeness (QED) is 0.648. The smallest absolute Gasteiger partial charge is 0.319 e. The number of para-hydroxylation sites is 1. The zero-order valence-electron chi connectivity index (χ0n) is 14.9. The summed E-state index contributed by atoms with van der Waals surface area (Å²) < 4.78 is 5.32. The second kappa shape index (κ2) is 9.59. The minimum atomic E-state index is -0.259. The van der Waals surface area contributed by atoms with Crippen molar-refractivity contribution in [3.63, 3.8) is 0 Å². The Labute approximate surface area is 162 Å². The van der Waals surface area contributed by atoms with E-state index in [2.05, 4.69) is 20.6 Å². The molecule has 0 aliphatic heterocycles. The van der Waals surface area contributed by atoms with Crippen molar-refractivity contribution >= 4 is 23.5 Å². The summed E-state index contributed by atoms with van der Waals surface area (Å²) in [6, 6.07) is 16.8. The molecule has 0 unspecified atom stereocenters. The van der Waals surface area contributed by atoms with E-state index in [1.807, 2.05) is 48.5 Å². The van der Waals surface area contributed by atoms with Gasteiger partial charge < -0.3 is 15.4 Å². The third-order valence-corrected chi connectivity index (χ3v) is 4.60. The van der Waals surface area contributed by atoms with E-state index in [0.29, 0.717) is 18.7 Å². The number of carbonyl (C=O) groups excluding carboxylic acids is 1. The van der Waals surface area contributed by atoms with E-state index in [4.69, 9.17) is 4.74 Å². The van der Waals surface area contributed by atoms with Crippen molar-refractivity contribution in [2.24, 2.45) is 0 Å². The standard InChI is InChI=1S/C20H20N4O2S/c1-26-17-7-3-2-6-15(17)9-12-23-20(25)24-16-10-13-22-19(14-16)27-18-8-4-5-11-21-18/h2-8,10-11,13-14H,9,12H2,1H3,(H2,22,23,24,25). The number of ether oxygens (including phenoxy) is 1. The number of hydrogen-bond donors (Lipinski definition) is 2. The molecule has 3 rings (SSSR count). The van der Waals surface area contributed by atoms with Gasteiger partial charge in [-0.05, 0) is 42.3 Å². The first-order valence-electron chi connectivity index (χ1n) is 8.46. The molecule has 138 valence electrons. The van der Waals surface area contributed by atoms with E-state index < -0.39 is 0 Å². The lowest BCUT2D eigenvalue weighted by molar-refractivity contribution is 0.252. The number of benzene rings is 1. The lowest BCUT2D eigenvalue weighted by Crippen LogP contribution is -2.30. The van der Waals surface area contributed by atoms with Gasteiger partial charge in [-0.25, -0.2) is 14.8 Å². The van der Waals surface area contributed by atoms with Crippen molar-refractivity contribution in [1.29, 1.82) is 0 Å². The van der Waals surface area contributed by atoms with Crippen molar-refractivity contribution in [1.82, 2.24) is 15.3 Å². The van der Waals surface area contributed by atoms with Gasteiger partial charge in [0, 0.05) is 24.6 Å². The number of aromatic nitrogens is 2. The van der Waals surface area contributed by atoms with Gasteiger partial charge in [0.2, 0.25) is 0 Å². The summed E-state index contributed by atoms with van der Waals surface area (Å²) in [5.74, 6) is 0.824. The first-order chi connectivity index (χ1) is 13.2. The van der Waals surface area contributed by atoms with Crippen LogP contribution in [0.15, 0.2) is 77.0 Å². The predicted molar refractivity (Wildman–Crippen MR) is 106 cm³/mol. The first-order valence-corrected chi connectivity index (χ1v) is 9.28. The summed E-state index contributed by atoms with van der Waals surface area (Å²) in [6.07, 6.45) is 4.09. The van der Waals surface area contributed by atoms with Crippen molar-refractivity contribution in [2.75, 3.05) is 19.0 Å². The minimum absolute atomic E-state index is 0.259. The van der Waals surface area contributed by atoms with E-state index in [1.165, 1.54) is 11.8 Å². The Morgan fingerprint density at radius 3 is 2.67 bits per heavy atom. The number of nitrogens with zero attached hydrogens (tertiary/aromatic N) is 2. The van der Waals surface area contributed by atoms with Crippen LogP contribution in [0.4, 0.5) is 10.5 Å². The maximum Gasteiger partial charge on any atom is 0.319 e. The molecule has 6 nitrogen and oxygen atoms in total. The van der Waals surface area contributed by atoms with Crippen LogP contribution < -0.4 is 15.4 Å². The number of rotatable bonds is 7. The molecule has 2 heterocycles. The van der Waals surface area contributed by atoms with Crippen LogP contribution >= 0.6 is 11.8 Å². The fraction of sp³-hybridized carbons (Fsp3) is 0.150. The fourth-order valence-corrected chi connectivity index (χ4v) is 3.23. The van der Waals surface area contributed by atoms with Crippen LogP contribution in [0, 0.1) is 0 Å². The molecule has 0 aliphatic rings. The lowest BCUT2D eigenvalue weighted by atomic mass is 10.1. The van der Waals surface area contributed by atoms with Crippen LogP contribution in [0.1, 0.15) is 5.56 Å². The van der Waals surface area contributed by atoms with Crippen LogP contribution in [-0.4, -0.2) is 29.7 Å². The second-order valence-corrected chi connectivity index (χ2v) is 6.64. The molecule has 0 radical (unpaired) electrons. The molecule has 27 heavy (non-hydrogen) atoms. The SMILES string of the molecule is COc1ccccc1CCNC(=O)Nc1ccnc(Sc2ccccn2)c1. The maximum absolute atomic E-state index is 12.1. The highest BCUT2D eigenvalue weighted by atomic mass is 32.2. The normalized spacial score (nSPS) is 10.3. The molecule has 1 aromatic carbocycles. The Bertz CT molecular complexity index is 890. The average molecular weight is 380 g/mol. The van der Waals surface area contributed by atoms with Crippen molar-refractivity contribution in [3.8, 4) is 5.75 Å². The molecule has 2 aromatic heterocycles. The average Bonchev–Trinajstić information content (AvgIpc) is 2.69. The van der Waals surface area contributed by atoms with Gasteiger partial charge in [0.1, 0.15) is 15.8 Å². The number of pyridine rings is 2. The first kappa shape index (κ1) is 18.7. The third kappa shape index (κ3) is 5.72. The molecule has 0 spiro atoms. The molecule has 7 heteroatoms. The second-order valence-electron chi connectivity index (χ2n) is 5.60. The van der Waals surface area contributed by atoms with E-state index in [1.54, 1.807) is 25.6 Å². The summed E-state index contributed by atoms with van der Waals surface area (Å²) in [7, 11) is 1.64. The Hall–Kier alpha value is -3.06. The number of amides is 2. The molecular weight excluding hydrogens is 360 g/mol. The highest BCUT2D eigenvalue weighted by Crippen LogP contribution is 2.25. The van der Waals surface area contributed by atoms with Crippen molar-refractivity contribution < 1.29 is 9.53 Å². The van der Waals surface area contributed by atoms with Crippen molar-refractivity contribution in [2.45, 2.75) is 16.5 Å². The highest BCUT2D eigenvalue weighted by Gasteiger charge is 2.06. The lowest BCUT2D eigenvalue weighted by Gasteiger charge is -2.10. The largest absolute Gasteiger partial charge is 0.496 e. The Kier molecular flexibility index (Phi) is 6.65. The molecule has 0 fully saturated rings. The molecule has 0 saturated carbocycles. The minimum Gasteiger partial charge on any atom is -0.496 e. The summed E-state index contributed by atoms with van der Waals surface area (Å²) in [5, 5.41) is 7.30. The van der Waals surface area contributed by atoms with Crippen LogP contribution in [0.5, 0.6) is 5.75 Å². The van der Waals surface area contributed by atoms with E-state index in [-0.39, 0.29) is 6.03 Å². The Balaban J connectivity index is 1.51. The molecular formula is C20H20N4O2S. The van der Waals surface area contributed by atoms with E-state index in [0.717, 1.165) is 21.4 Å². The van der Waals surface area contributed by atoms with Gasteiger partial charge in [-0.2, -0.15) is 0 Å². The van der Waals surface area contributed by atoms with Crippen LogP contribution in [0.25, 0.3) is 0 Å². The summed E-state index contributed by atoms with van der Waals surface area (Å²) in [6.45, 7) is 0.507. The summed E-state index contributed by atoms with van der Waals surface area (Å²) in [5.41, 5.74) is 1.73. The van der Waals surface area contributed by atoms with Gasteiger partial charge in [-0.15, -0.1) is 0 Å². The van der Waals surface area contributed by atoms with Gasteiger partial charge in [0.25, 0.3) is 0 Å². The van der Waals surface area contributed by atoms with Crippen molar-refractivity contribution in [3.05, 3.63) is 72.6 Å². The monoisotopic (exact) mass is 380 g/mol.